The van der Waals surface area contributed by atoms with Gasteiger partial charge in [0.1, 0.15) is 0 Å². The molecule has 1 atom stereocenters. The number of hydrogen-bond donors (Lipinski definition) is 0. The second kappa shape index (κ2) is 6.84. The summed E-state index contributed by atoms with van der Waals surface area (Å²) >= 11 is 0. The van der Waals surface area contributed by atoms with Gasteiger partial charge >= 0.3 is 0 Å². The van der Waals surface area contributed by atoms with E-state index in [1.165, 1.54) is 4.31 Å². The predicted molar refractivity (Wildman–Crippen MR) is 73.2 cm³/mol. The molecule has 0 amide bonds. The highest BCUT2D eigenvalue weighted by molar-refractivity contribution is 7.89. The van der Waals surface area contributed by atoms with Crippen LogP contribution in [0.15, 0.2) is 0 Å². The molecule has 0 aromatic rings. The van der Waals surface area contributed by atoms with E-state index in [1.807, 2.05) is 13.8 Å². The summed E-state index contributed by atoms with van der Waals surface area (Å²) in [4.78, 5) is 2.28. The lowest BCUT2D eigenvalue weighted by Crippen LogP contribution is -2.41. The summed E-state index contributed by atoms with van der Waals surface area (Å²) in [6.07, 6.45) is 1.00. The Morgan fingerprint density at radius 3 is 2.61 bits per heavy atom. The van der Waals surface area contributed by atoms with E-state index in [-0.39, 0.29) is 24.5 Å². The Morgan fingerprint density at radius 2 is 2.11 bits per heavy atom. The number of nitrogens with zero attached hydrogens (tertiary/aromatic N) is 2. The second-order valence-electron chi connectivity index (χ2n) is 5.09. The molecule has 1 aliphatic heterocycles. The molecule has 5 nitrogen and oxygen atoms in total. The Hall–Kier alpha value is -0.170. The number of likely N-dealkylation sites (tertiary alicyclic amines) is 1. The van der Waals surface area contributed by atoms with Crippen LogP contribution >= 0.6 is 0 Å². The van der Waals surface area contributed by atoms with Crippen LogP contribution in [0.3, 0.4) is 0 Å². The highest BCUT2D eigenvalue weighted by Crippen LogP contribution is 2.17. The van der Waals surface area contributed by atoms with Gasteiger partial charge in [0.05, 0.1) is 18.5 Å². The molecule has 1 saturated heterocycles. The molecule has 1 aliphatic rings. The van der Waals surface area contributed by atoms with Crippen LogP contribution in [0.25, 0.3) is 0 Å². The quantitative estimate of drug-likeness (QED) is 0.690. The van der Waals surface area contributed by atoms with Crippen LogP contribution in [-0.2, 0) is 14.8 Å². The zero-order chi connectivity index (χ0) is 13.8. The molecule has 0 aromatic carbocycles. The van der Waals surface area contributed by atoms with Crippen molar-refractivity contribution in [2.45, 2.75) is 39.3 Å². The van der Waals surface area contributed by atoms with Crippen molar-refractivity contribution in [1.82, 2.24) is 9.21 Å². The molecule has 0 saturated carbocycles. The maximum Gasteiger partial charge on any atom is 0.216 e. The lowest BCUT2D eigenvalue weighted by molar-refractivity contribution is 0.0906. The molecule has 108 valence electrons. The SMILES string of the molecule is CCN1CCC(N(C)S(=O)(=O)CCOC(C)C)C1. The van der Waals surface area contributed by atoms with Gasteiger partial charge < -0.3 is 9.64 Å². The van der Waals surface area contributed by atoms with Gasteiger partial charge in [-0.05, 0) is 33.4 Å². The fourth-order valence-electron chi connectivity index (χ4n) is 2.16. The topological polar surface area (TPSA) is 49.9 Å². The van der Waals surface area contributed by atoms with Crippen molar-refractivity contribution in [3.8, 4) is 0 Å². The summed E-state index contributed by atoms with van der Waals surface area (Å²) in [7, 11) is -1.50. The average Bonchev–Trinajstić information content (AvgIpc) is 2.75. The zero-order valence-corrected chi connectivity index (χ0v) is 12.7. The van der Waals surface area contributed by atoms with Gasteiger partial charge in [-0.2, -0.15) is 0 Å². The number of hydrogen-bond acceptors (Lipinski definition) is 4. The van der Waals surface area contributed by atoms with E-state index in [9.17, 15) is 8.42 Å². The maximum atomic E-state index is 12.1. The Morgan fingerprint density at radius 1 is 1.44 bits per heavy atom. The van der Waals surface area contributed by atoms with Gasteiger partial charge in [-0.1, -0.05) is 6.92 Å². The van der Waals surface area contributed by atoms with Crippen molar-refractivity contribution in [3.63, 3.8) is 0 Å². The van der Waals surface area contributed by atoms with E-state index in [1.54, 1.807) is 7.05 Å². The molecule has 1 heterocycles. The minimum Gasteiger partial charge on any atom is -0.378 e. The smallest absolute Gasteiger partial charge is 0.216 e. The van der Waals surface area contributed by atoms with Crippen LogP contribution in [0.4, 0.5) is 0 Å². The summed E-state index contributed by atoms with van der Waals surface area (Å²) in [6, 6.07) is 0.119. The fraction of sp³-hybridized carbons (Fsp3) is 1.00. The van der Waals surface area contributed by atoms with Crippen LogP contribution in [0, 0.1) is 0 Å². The third-order valence-corrected chi connectivity index (χ3v) is 5.30. The standard InChI is InChI=1S/C12H26N2O3S/c1-5-14-7-6-12(10-14)13(4)18(15,16)9-8-17-11(2)3/h11-12H,5-10H2,1-4H3. The first-order valence-corrected chi connectivity index (χ1v) is 8.27. The molecule has 1 unspecified atom stereocenters. The summed E-state index contributed by atoms with van der Waals surface area (Å²) in [5.41, 5.74) is 0. The summed E-state index contributed by atoms with van der Waals surface area (Å²) in [5, 5.41) is 0. The summed E-state index contributed by atoms with van der Waals surface area (Å²) < 4.78 is 31.1. The van der Waals surface area contributed by atoms with Crippen LogP contribution in [0.2, 0.25) is 0 Å². The van der Waals surface area contributed by atoms with Crippen LogP contribution in [-0.4, -0.2) is 68.8 Å². The van der Waals surface area contributed by atoms with Gasteiger partial charge in [0.2, 0.25) is 10.0 Å². The number of likely N-dealkylation sites (N-methyl/N-ethyl adjacent to an activating group) is 2. The van der Waals surface area contributed by atoms with Gasteiger partial charge in [-0.25, -0.2) is 12.7 Å². The van der Waals surface area contributed by atoms with Crippen LogP contribution < -0.4 is 0 Å². The molecule has 1 fully saturated rings. The van der Waals surface area contributed by atoms with Crippen molar-refractivity contribution in [2.24, 2.45) is 0 Å². The van der Waals surface area contributed by atoms with Gasteiger partial charge in [0.15, 0.2) is 0 Å². The third-order valence-electron chi connectivity index (χ3n) is 3.44. The number of ether oxygens (including phenoxy) is 1. The second-order valence-corrected chi connectivity index (χ2v) is 7.24. The Labute approximate surface area is 111 Å². The molecule has 0 N–H and O–H groups in total. The monoisotopic (exact) mass is 278 g/mol. The highest BCUT2D eigenvalue weighted by atomic mass is 32.2. The van der Waals surface area contributed by atoms with Crippen LogP contribution in [0.1, 0.15) is 27.2 Å². The molecule has 0 aliphatic carbocycles. The van der Waals surface area contributed by atoms with Gasteiger partial charge in [0.25, 0.3) is 0 Å². The first kappa shape index (κ1) is 15.9. The number of sulfonamides is 1. The molecule has 0 aromatic heterocycles. The first-order valence-electron chi connectivity index (χ1n) is 6.66. The minimum atomic E-state index is -3.19. The minimum absolute atomic E-state index is 0.0737. The summed E-state index contributed by atoms with van der Waals surface area (Å²) in [6.45, 7) is 9.02. The summed E-state index contributed by atoms with van der Waals surface area (Å²) in [5.74, 6) is 0.0737. The van der Waals surface area contributed by atoms with E-state index in [0.29, 0.717) is 0 Å². The normalized spacial score (nSPS) is 22.2. The van der Waals surface area contributed by atoms with Gasteiger partial charge in [0, 0.05) is 19.6 Å². The lowest BCUT2D eigenvalue weighted by atomic mass is 10.3. The van der Waals surface area contributed by atoms with E-state index < -0.39 is 10.0 Å². The molecule has 18 heavy (non-hydrogen) atoms. The van der Waals surface area contributed by atoms with E-state index in [4.69, 9.17) is 4.74 Å². The van der Waals surface area contributed by atoms with Crippen molar-refractivity contribution in [2.75, 3.05) is 39.0 Å². The molecule has 0 spiro atoms. The maximum absolute atomic E-state index is 12.1. The van der Waals surface area contributed by atoms with Crippen molar-refractivity contribution in [3.05, 3.63) is 0 Å². The molecule has 0 bridgehead atoms. The average molecular weight is 278 g/mol. The molecular weight excluding hydrogens is 252 g/mol. The molecular formula is C12H26N2O3S. The zero-order valence-electron chi connectivity index (χ0n) is 11.9. The lowest BCUT2D eigenvalue weighted by Gasteiger charge is -2.24. The van der Waals surface area contributed by atoms with Crippen molar-refractivity contribution < 1.29 is 13.2 Å². The van der Waals surface area contributed by atoms with Crippen LogP contribution in [0.5, 0.6) is 0 Å². The number of rotatable bonds is 7. The van der Waals surface area contributed by atoms with Crippen molar-refractivity contribution >= 4 is 10.0 Å². The fourth-order valence-corrected chi connectivity index (χ4v) is 3.38. The first-order chi connectivity index (χ1) is 8.36. The van der Waals surface area contributed by atoms with E-state index in [2.05, 4.69) is 11.8 Å². The predicted octanol–water partition coefficient (Wildman–Crippen LogP) is 0.767. The Bertz CT molecular complexity index is 343. The van der Waals surface area contributed by atoms with Gasteiger partial charge in [-0.15, -0.1) is 0 Å². The van der Waals surface area contributed by atoms with Gasteiger partial charge in [-0.3, -0.25) is 0 Å². The van der Waals surface area contributed by atoms with E-state index >= 15 is 0 Å². The molecule has 6 heteroatoms. The Balaban J connectivity index is 2.46. The van der Waals surface area contributed by atoms with E-state index in [0.717, 1.165) is 26.1 Å². The third kappa shape index (κ3) is 4.50. The molecule has 1 rings (SSSR count). The highest BCUT2D eigenvalue weighted by Gasteiger charge is 2.31. The largest absolute Gasteiger partial charge is 0.378 e. The molecule has 0 radical (unpaired) electrons. The van der Waals surface area contributed by atoms with Crippen molar-refractivity contribution in [1.29, 1.82) is 0 Å². The Kier molecular flexibility index (Phi) is 6.04.